The van der Waals surface area contributed by atoms with Crippen LogP contribution in [-0.2, 0) is 0 Å². The summed E-state index contributed by atoms with van der Waals surface area (Å²) in [6, 6.07) is 23.7. The summed E-state index contributed by atoms with van der Waals surface area (Å²) in [6.07, 6.45) is 29.7. The van der Waals surface area contributed by atoms with E-state index in [1.54, 1.807) is 10.4 Å². The van der Waals surface area contributed by atoms with Crippen LogP contribution in [0.1, 0.15) is 45.4 Å². The first kappa shape index (κ1) is 24.7. The van der Waals surface area contributed by atoms with Crippen molar-refractivity contribution in [2.75, 3.05) is 0 Å². The lowest BCUT2D eigenvalue weighted by Crippen LogP contribution is -2.66. The number of fused-ring (bicyclic) bond motifs is 3. The van der Waals surface area contributed by atoms with Crippen LogP contribution in [0.5, 0.6) is 0 Å². The van der Waals surface area contributed by atoms with E-state index in [2.05, 4.69) is 129 Å². The van der Waals surface area contributed by atoms with Crippen LogP contribution < -0.4 is 10.4 Å². The van der Waals surface area contributed by atoms with Crippen molar-refractivity contribution in [1.29, 1.82) is 0 Å². The Bertz CT molecular complexity index is 1160. The van der Waals surface area contributed by atoms with Gasteiger partial charge < -0.3 is 0 Å². The van der Waals surface area contributed by atoms with Crippen molar-refractivity contribution in [2.45, 2.75) is 56.5 Å². The third-order valence-electron chi connectivity index (χ3n) is 10.5. The van der Waals surface area contributed by atoms with E-state index >= 15 is 0 Å². The maximum atomic E-state index is 3.98. The number of benzene rings is 2. The Morgan fingerprint density at radius 1 is 0.838 bits per heavy atom. The molecule has 2 fully saturated rings. The molecule has 37 heavy (non-hydrogen) atoms. The van der Waals surface area contributed by atoms with Gasteiger partial charge in [-0.05, 0) is 59.4 Å². The molecule has 0 radical (unpaired) electrons. The van der Waals surface area contributed by atoms with Gasteiger partial charge in [0.1, 0.15) is 8.07 Å². The fourth-order valence-corrected chi connectivity index (χ4v) is 16.4. The maximum absolute atomic E-state index is 3.98. The van der Waals surface area contributed by atoms with Crippen molar-refractivity contribution < 1.29 is 0 Å². The molecule has 2 aromatic rings. The summed E-state index contributed by atoms with van der Waals surface area (Å²) in [5, 5.41) is 3.33. The van der Waals surface area contributed by atoms with Crippen molar-refractivity contribution in [2.24, 2.45) is 29.1 Å². The number of hydrogen-bond donors (Lipinski definition) is 0. The highest BCUT2D eigenvalue weighted by molar-refractivity contribution is 7.04. The molecule has 2 saturated carbocycles. The smallest absolute Gasteiger partial charge is 0.103 e. The third-order valence-corrected chi connectivity index (χ3v) is 16.7. The minimum Gasteiger partial charge on any atom is -0.103 e. The molecule has 0 saturated heterocycles. The molecule has 0 amide bonds. The van der Waals surface area contributed by atoms with E-state index in [1.807, 2.05) is 0 Å². The fraction of sp³-hybridized carbons (Fsp3) is 0.389. The molecule has 0 nitrogen and oxygen atoms in total. The van der Waals surface area contributed by atoms with E-state index in [4.69, 9.17) is 0 Å². The van der Waals surface area contributed by atoms with Crippen molar-refractivity contribution in [3.05, 3.63) is 122 Å². The summed E-state index contributed by atoms with van der Waals surface area (Å²) >= 11 is 0. The fourth-order valence-electron chi connectivity index (χ4n) is 9.05. The average Bonchev–Trinajstić information content (AvgIpc) is 3.52. The number of hydrogen-bond acceptors (Lipinski definition) is 0. The molecule has 0 N–H and O–H groups in total. The lowest BCUT2D eigenvalue weighted by Gasteiger charge is -2.48. The second kappa shape index (κ2) is 10.3. The molecular weight excluding hydrogens is 460 g/mol. The lowest BCUT2D eigenvalue weighted by molar-refractivity contribution is 0.289. The van der Waals surface area contributed by atoms with E-state index in [1.165, 1.54) is 32.1 Å². The molecule has 1 heteroatoms. The predicted octanol–water partition coefficient (Wildman–Crippen LogP) is 8.27. The van der Waals surface area contributed by atoms with Crippen LogP contribution in [-0.4, -0.2) is 8.07 Å². The van der Waals surface area contributed by atoms with Gasteiger partial charge >= 0.3 is 0 Å². The van der Waals surface area contributed by atoms with Crippen LogP contribution in [0.3, 0.4) is 0 Å². The van der Waals surface area contributed by atoms with Gasteiger partial charge in [-0.2, -0.15) is 0 Å². The molecule has 190 valence electrons. The third kappa shape index (κ3) is 4.02. The zero-order valence-corrected chi connectivity index (χ0v) is 23.4. The molecule has 7 atom stereocenters. The first-order valence-electron chi connectivity index (χ1n) is 14.6. The number of unbranched alkanes of at least 4 members (excludes halogenated alkanes) is 1. The summed E-state index contributed by atoms with van der Waals surface area (Å²) in [7, 11) is -2.22. The zero-order valence-electron chi connectivity index (χ0n) is 22.4. The highest BCUT2D eigenvalue weighted by atomic mass is 28.3. The van der Waals surface area contributed by atoms with Crippen LogP contribution >= 0.6 is 0 Å². The minimum absolute atomic E-state index is 0.176. The molecule has 2 aromatic carbocycles. The summed E-state index contributed by atoms with van der Waals surface area (Å²) < 4.78 is 0. The molecule has 0 aliphatic heterocycles. The Kier molecular flexibility index (Phi) is 6.84. The van der Waals surface area contributed by atoms with Crippen LogP contribution in [0.2, 0.25) is 11.1 Å². The van der Waals surface area contributed by atoms with Crippen LogP contribution in [0.25, 0.3) is 0 Å². The summed E-state index contributed by atoms with van der Waals surface area (Å²) in [5.41, 5.74) is 1.60. The molecular formula is C36H42Si. The topological polar surface area (TPSA) is 0 Å². The molecule has 7 unspecified atom stereocenters. The minimum atomic E-state index is -2.22. The van der Waals surface area contributed by atoms with Gasteiger partial charge in [0.15, 0.2) is 0 Å². The first-order chi connectivity index (χ1) is 18.2. The molecule has 0 aromatic heterocycles. The van der Waals surface area contributed by atoms with Crippen LogP contribution in [0.15, 0.2) is 122 Å². The normalized spacial score (nSPS) is 33.9. The van der Waals surface area contributed by atoms with Gasteiger partial charge in [0, 0.05) is 0 Å². The molecule has 4 aliphatic rings. The van der Waals surface area contributed by atoms with Gasteiger partial charge in [0.05, 0.1) is 0 Å². The van der Waals surface area contributed by atoms with E-state index in [0.717, 1.165) is 17.9 Å². The standard InChI is InChI=1S/C36H42Si/c1-3-4-7-16-28-24-25-31(27-28)37(29-17-8-5-9-18-29,30-19-10-6-11-20-30)35-32-21-12-13-22-33(32)36(2)26-15-14-23-34(35)36/h3,5-6,8-15,17-23,26,28,31-35H,1,4,7,16,24-25,27H2,2H3. The zero-order chi connectivity index (χ0) is 25.3. The van der Waals surface area contributed by atoms with Crippen molar-refractivity contribution in [3.63, 3.8) is 0 Å². The summed E-state index contributed by atoms with van der Waals surface area (Å²) in [4.78, 5) is 0. The Hall–Kier alpha value is -2.64. The second-order valence-corrected chi connectivity index (χ2v) is 16.6. The molecule has 4 aliphatic carbocycles. The number of allylic oxidation sites excluding steroid dienone is 9. The Balaban J connectivity index is 1.55. The van der Waals surface area contributed by atoms with Gasteiger partial charge in [-0.3, -0.25) is 0 Å². The Morgan fingerprint density at radius 3 is 2.19 bits per heavy atom. The van der Waals surface area contributed by atoms with Gasteiger partial charge in [0.2, 0.25) is 0 Å². The Labute approximate surface area is 225 Å². The van der Waals surface area contributed by atoms with Crippen molar-refractivity contribution in [3.8, 4) is 0 Å². The van der Waals surface area contributed by atoms with E-state index < -0.39 is 8.07 Å². The first-order valence-corrected chi connectivity index (χ1v) is 16.8. The van der Waals surface area contributed by atoms with Crippen LogP contribution in [0.4, 0.5) is 0 Å². The van der Waals surface area contributed by atoms with Crippen molar-refractivity contribution in [1.82, 2.24) is 0 Å². The highest BCUT2D eigenvalue weighted by Gasteiger charge is 2.64. The molecule has 0 heterocycles. The Morgan fingerprint density at radius 2 is 1.49 bits per heavy atom. The molecule has 0 spiro atoms. The molecule has 0 bridgehead atoms. The monoisotopic (exact) mass is 502 g/mol. The highest BCUT2D eigenvalue weighted by Crippen LogP contribution is 2.66. The van der Waals surface area contributed by atoms with E-state index in [9.17, 15) is 0 Å². The van der Waals surface area contributed by atoms with E-state index in [-0.39, 0.29) is 5.41 Å². The van der Waals surface area contributed by atoms with Gasteiger partial charge in [0.25, 0.3) is 0 Å². The summed E-state index contributed by atoms with van der Waals surface area (Å²) in [5.74, 6) is 2.57. The quantitative estimate of drug-likeness (QED) is 0.194. The molecule has 6 rings (SSSR count). The largest absolute Gasteiger partial charge is 0.125 e. The van der Waals surface area contributed by atoms with Gasteiger partial charge in [-0.1, -0.05) is 152 Å². The van der Waals surface area contributed by atoms with E-state index in [0.29, 0.717) is 23.3 Å². The van der Waals surface area contributed by atoms with Gasteiger partial charge in [-0.15, -0.1) is 6.58 Å². The predicted molar refractivity (Wildman–Crippen MR) is 162 cm³/mol. The number of rotatable bonds is 8. The summed E-state index contributed by atoms with van der Waals surface area (Å²) in [6.45, 7) is 6.53. The average molecular weight is 503 g/mol. The van der Waals surface area contributed by atoms with Crippen LogP contribution in [0, 0.1) is 29.1 Å². The second-order valence-electron chi connectivity index (χ2n) is 12.2. The SMILES string of the molecule is C=CCCCC1CCC([Si](c2ccccc2)(c2ccccc2)C2C3C=CC=CC3C3(C)C=CC=CC23)C1. The maximum Gasteiger partial charge on any atom is 0.125 e. The lowest BCUT2D eigenvalue weighted by atomic mass is 9.70. The van der Waals surface area contributed by atoms with Crippen molar-refractivity contribution >= 4 is 18.4 Å². The van der Waals surface area contributed by atoms with Gasteiger partial charge in [-0.25, -0.2) is 0 Å².